The van der Waals surface area contributed by atoms with Crippen molar-refractivity contribution in [3.63, 3.8) is 0 Å². The monoisotopic (exact) mass is 253 g/mol. The molecule has 0 bridgehead atoms. The number of piperazine rings is 1. The Morgan fingerprint density at radius 1 is 1.22 bits per heavy atom. The van der Waals surface area contributed by atoms with E-state index in [0.717, 1.165) is 12.6 Å². The highest BCUT2D eigenvalue weighted by molar-refractivity contribution is 4.93. The number of hydrogen-bond donors (Lipinski definition) is 1. The van der Waals surface area contributed by atoms with Gasteiger partial charge in [-0.2, -0.15) is 0 Å². The van der Waals surface area contributed by atoms with Crippen molar-refractivity contribution < 1.29 is 4.74 Å². The molecule has 3 heterocycles. The zero-order valence-electron chi connectivity index (χ0n) is 11.6. The summed E-state index contributed by atoms with van der Waals surface area (Å²) in [5, 5.41) is 0. The van der Waals surface area contributed by atoms with Crippen molar-refractivity contribution in [2.24, 2.45) is 5.73 Å². The molecule has 0 radical (unpaired) electrons. The Morgan fingerprint density at radius 3 is 2.83 bits per heavy atom. The quantitative estimate of drug-likeness (QED) is 0.802. The largest absolute Gasteiger partial charge is 0.374 e. The van der Waals surface area contributed by atoms with Crippen LogP contribution in [-0.2, 0) is 4.74 Å². The third-order valence-electron chi connectivity index (χ3n) is 5.02. The molecule has 0 aliphatic carbocycles. The molecule has 3 aliphatic rings. The standard InChI is InChI=1S/C14H27N3O/c1-11-4-5-14(18-11)13(9-15)17-8-7-16-6-2-3-12(16)10-17/h11-14H,2-10,15H2,1H3. The maximum absolute atomic E-state index is 6.04. The Bertz CT molecular complexity index is 286. The van der Waals surface area contributed by atoms with Gasteiger partial charge in [-0.25, -0.2) is 0 Å². The van der Waals surface area contributed by atoms with E-state index in [1.54, 1.807) is 0 Å². The Balaban J connectivity index is 1.61. The summed E-state index contributed by atoms with van der Waals surface area (Å²) in [6.07, 6.45) is 5.94. The van der Waals surface area contributed by atoms with Crippen molar-refractivity contribution in [2.75, 3.05) is 32.7 Å². The minimum atomic E-state index is 0.373. The van der Waals surface area contributed by atoms with E-state index < -0.39 is 0 Å². The summed E-state index contributed by atoms with van der Waals surface area (Å²) >= 11 is 0. The van der Waals surface area contributed by atoms with E-state index in [0.29, 0.717) is 18.2 Å². The van der Waals surface area contributed by atoms with Crippen molar-refractivity contribution in [3.8, 4) is 0 Å². The molecule has 0 aromatic carbocycles. The molecule has 3 saturated heterocycles. The lowest BCUT2D eigenvalue weighted by atomic mass is 10.0. The van der Waals surface area contributed by atoms with Crippen molar-refractivity contribution in [1.82, 2.24) is 9.80 Å². The highest BCUT2D eigenvalue weighted by atomic mass is 16.5. The van der Waals surface area contributed by atoms with Crippen LogP contribution < -0.4 is 5.73 Å². The van der Waals surface area contributed by atoms with Crippen LogP contribution in [0.15, 0.2) is 0 Å². The third kappa shape index (κ3) is 2.44. The van der Waals surface area contributed by atoms with E-state index in [1.165, 1.54) is 51.9 Å². The van der Waals surface area contributed by atoms with Gasteiger partial charge in [-0.05, 0) is 39.2 Å². The lowest BCUT2D eigenvalue weighted by Crippen LogP contribution is -2.58. The maximum atomic E-state index is 6.04. The maximum Gasteiger partial charge on any atom is 0.0747 e. The minimum absolute atomic E-state index is 0.373. The molecule has 0 spiro atoms. The van der Waals surface area contributed by atoms with Gasteiger partial charge in [0.25, 0.3) is 0 Å². The van der Waals surface area contributed by atoms with Crippen molar-refractivity contribution >= 4 is 0 Å². The number of nitrogens with zero attached hydrogens (tertiary/aromatic N) is 2. The van der Waals surface area contributed by atoms with Gasteiger partial charge in [0.2, 0.25) is 0 Å². The van der Waals surface area contributed by atoms with Gasteiger partial charge in [0, 0.05) is 38.3 Å². The van der Waals surface area contributed by atoms with Crippen LogP contribution in [0, 0.1) is 0 Å². The van der Waals surface area contributed by atoms with Crippen molar-refractivity contribution in [1.29, 1.82) is 0 Å². The molecule has 18 heavy (non-hydrogen) atoms. The van der Waals surface area contributed by atoms with E-state index in [2.05, 4.69) is 16.7 Å². The predicted octanol–water partition coefficient (Wildman–Crippen LogP) is 0.661. The summed E-state index contributed by atoms with van der Waals surface area (Å²) in [6, 6.07) is 1.23. The van der Waals surface area contributed by atoms with E-state index in [9.17, 15) is 0 Å². The molecule has 4 atom stereocenters. The van der Waals surface area contributed by atoms with Crippen LogP contribution in [0.1, 0.15) is 32.6 Å². The second kappa shape index (κ2) is 5.45. The fraction of sp³-hybridized carbons (Fsp3) is 1.00. The first-order valence-corrected chi connectivity index (χ1v) is 7.61. The van der Waals surface area contributed by atoms with Crippen molar-refractivity contribution in [3.05, 3.63) is 0 Å². The Hall–Kier alpha value is -0.160. The molecule has 0 aromatic heterocycles. The normalized spacial score (nSPS) is 40.0. The Kier molecular flexibility index (Phi) is 3.89. The molecule has 3 aliphatic heterocycles. The summed E-state index contributed by atoms with van der Waals surface area (Å²) in [5.41, 5.74) is 6.03. The number of ether oxygens (including phenoxy) is 1. The second-order valence-corrected chi connectivity index (χ2v) is 6.19. The molecule has 4 unspecified atom stereocenters. The molecule has 0 amide bonds. The van der Waals surface area contributed by atoms with Crippen LogP contribution in [-0.4, -0.2) is 66.8 Å². The molecule has 0 aromatic rings. The average Bonchev–Trinajstić information content (AvgIpc) is 2.99. The summed E-state index contributed by atoms with van der Waals surface area (Å²) in [6.45, 7) is 7.83. The van der Waals surface area contributed by atoms with E-state index in [4.69, 9.17) is 10.5 Å². The summed E-state index contributed by atoms with van der Waals surface area (Å²) in [7, 11) is 0. The van der Waals surface area contributed by atoms with Gasteiger partial charge < -0.3 is 10.5 Å². The molecular weight excluding hydrogens is 226 g/mol. The topological polar surface area (TPSA) is 41.7 Å². The lowest BCUT2D eigenvalue weighted by molar-refractivity contribution is -0.0247. The SMILES string of the molecule is CC1CCC(C(CN)N2CCN3CCCC3C2)O1. The van der Waals surface area contributed by atoms with Gasteiger partial charge in [-0.3, -0.25) is 9.80 Å². The molecule has 4 heteroatoms. The van der Waals surface area contributed by atoms with E-state index in [-0.39, 0.29) is 0 Å². The van der Waals surface area contributed by atoms with Crippen LogP contribution in [0.4, 0.5) is 0 Å². The number of fused-ring (bicyclic) bond motifs is 1. The highest BCUT2D eigenvalue weighted by Gasteiger charge is 2.37. The van der Waals surface area contributed by atoms with Crippen LogP contribution in [0.5, 0.6) is 0 Å². The van der Waals surface area contributed by atoms with Gasteiger partial charge in [-0.1, -0.05) is 0 Å². The van der Waals surface area contributed by atoms with E-state index >= 15 is 0 Å². The molecule has 104 valence electrons. The van der Waals surface area contributed by atoms with E-state index in [1.807, 2.05) is 0 Å². The van der Waals surface area contributed by atoms with Gasteiger partial charge in [0.15, 0.2) is 0 Å². The van der Waals surface area contributed by atoms with Gasteiger partial charge >= 0.3 is 0 Å². The third-order valence-corrected chi connectivity index (χ3v) is 5.02. The molecule has 0 saturated carbocycles. The summed E-state index contributed by atoms with van der Waals surface area (Å²) in [4.78, 5) is 5.26. The first-order valence-electron chi connectivity index (χ1n) is 7.61. The minimum Gasteiger partial charge on any atom is -0.374 e. The average molecular weight is 253 g/mol. The Morgan fingerprint density at radius 2 is 2.11 bits per heavy atom. The van der Waals surface area contributed by atoms with Crippen LogP contribution in [0.2, 0.25) is 0 Å². The molecule has 4 nitrogen and oxygen atoms in total. The van der Waals surface area contributed by atoms with Gasteiger partial charge in [0.05, 0.1) is 12.2 Å². The number of hydrogen-bond acceptors (Lipinski definition) is 4. The van der Waals surface area contributed by atoms with Crippen LogP contribution >= 0.6 is 0 Å². The molecule has 3 fully saturated rings. The first-order chi connectivity index (χ1) is 8.78. The molecular formula is C14H27N3O. The summed E-state index contributed by atoms with van der Waals surface area (Å²) < 4.78 is 6.04. The second-order valence-electron chi connectivity index (χ2n) is 6.19. The number of nitrogens with two attached hydrogens (primary N) is 1. The zero-order valence-corrected chi connectivity index (χ0v) is 11.6. The Labute approximate surface area is 110 Å². The summed E-state index contributed by atoms with van der Waals surface area (Å²) in [5.74, 6) is 0. The highest BCUT2D eigenvalue weighted by Crippen LogP contribution is 2.28. The fourth-order valence-electron chi connectivity index (χ4n) is 3.97. The van der Waals surface area contributed by atoms with Gasteiger partial charge in [-0.15, -0.1) is 0 Å². The first kappa shape index (κ1) is 12.9. The lowest BCUT2D eigenvalue weighted by Gasteiger charge is -2.43. The van der Waals surface area contributed by atoms with Crippen molar-refractivity contribution in [2.45, 2.75) is 56.9 Å². The number of rotatable bonds is 3. The molecule has 3 rings (SSSR count). The van der Waals surface area contributed by atoms with Gasteiger partial charge in [0.1, 0.15) is 0 Å². The fourth-order valence-corrected chi connectivity index (χ4v) is 3.97. The predicted molar refractivity (Wildman–Crippen MR) is 72.6 cm³/mol. The van der Waals surface area contributed by atoms with Crippen LogP contribution in [0.25, 0.3) is 0 Å². The zero-order chi connectivity index (χ0) is 12.5. The van der Waals surface area contributed by atoms with Crippen LogP contribution in [0.3, 0.4) is 0 Å². The molecule has 2 N–H and O–H groups in total. The smallest absolute Gasteiger partial charge is 0.0747 e.